The summed E-state index contributed by atoms with van der Waals surface area (Å²) in [6.45, 7) is 6.73. The lowest BCUT2D eigenvalue weighted by Gasteiger charge is -2.30. The monoisotopic (exact) mass is 290 g/mol. The molecule has 118 valence electrons. The Balaban J connectivity index is 1.72. The summed E-state index contributed by atoms with van der Waals surface area (Å²) in [6, 6.07) is 11.3. The van der Waals surface area contributed by atoms with Crippen LogP contribution in [-0.2, 0) is 0 Å². The molecule has 0 radical (unpaired) electrons. The molecule has 0 saturated heterocycles. The zero-order valence-electron chi connectivity index (χ0n) is 13.5. The number of benzene rings is 1. The van der Waals surface area contributed by atoms with E-state index in [2.05, 4.69) is 54.4 Å². The molecule has 0 bridgehead atoms. The molecule has 0 aromatic heterocycles. The second kappa shape index (κ2) is 7.81. The number of rotatable bonds is 10. The van der Waals surface area contributed by atoms with Gasteiger partial charge in [0.15, 0.2) is 0 Å². The molecule has 0 heterocycles. The Morgan fingerprint density at radius 1 is 1.24 bits per heavy atom. The van der Waals surface area contributed by atoms with Gasteiger partial charge in [-0.15, -0.1) is 0 Å². The van der Waals surface area contributed by atoms with Gasteiger partial charge in [0, 0.05) is 30.4 Å². The van der Waals surface area contributed by atoms with Crippen LogP contribution in [0.15, 0.2) is 30.3 Å². The maximum atomic E-state index is 9.62. The van der Waals surface area contributed by atoms with Crippen molar-refractivity contribution in [3.8, 4) is 0 Å². The third kappa shape index (κ3) is 5.33. The summed E-state index contributed by atoms with van der Waals surface area (Å²) in [5, 5.41) is 13.2. The molecule has 1 fully saturated rings. The largest absolute Gasteiger partial charge is 0.394 e. The Kier molecular flexibility index (Phi) is 6.07. The summed E-state index contributed by atoms with van der Waals surface area (Å²) in [7, 11) is 0. The van der Waals surface area contributed by atoms with E-state index in [1.165, 1.54) is 24.9 Å². The number of aliphatic hydroxyl groups is 1. The van der Waals surface area contributed by atoms with Gasteiger partial charge in [0.2, 0.25) is 0 Å². The summed E-state index contributed by atoms with van der Waals surface area (Å²) in [4.78, 5) is 2.42. The molecule has 1 unspecified atom stereocenters. The first-order chi connectivity index (χ1) is 10.2. The van der Waals surface area contributed by atoms with E-state index in [1.54, 1.807) is 0 Å². The van der Waals surface area contributed by atoms with Crippen LogP contribution in [-0.4, -0.2) is 36.4 Å². The third-order valence-corrected chi connectivity index (χ3v) is 4.39. The van der Waals surface area contributed by atoms with Gasteiger partial charge in [0.25, 0.3) is 0 Å². The minimum absolute atomic E-state index is 0.0923. The molecule has 2 N–H and O–H groups in total. The number of hydrogen-bond acceptors (Lipinski definition) is 3. The molecule has 1 aliphatic carbocycles. The molecule has 1 aromatic carbocycles. The second-order valence-corrected chi connectivity index (χ2v) is 6.51. The number of aliphatic hydroxyl groups excluding tert-OH is 1. The quantitative estimate of drug-likeness (QED) is 0.650. The standard InChI is InChI=1S/C18H30N2O/c1-3-20(17-9-5-4-6-10-17)14-8-7-13-18(2,15-21)19-16-11-12-16/h4-6,9-10,16,19,21H,3,7-8,11-15H2,1-2H3. The Morgan fingerprint density at radius 2 is 1.95 bits per heavy atom. The first-order valence-corrected chi connectivity index (χ1v) is 8.35. The maximum Gasteiger partial charge on any atom is 0.0610 e. The van der Waals surface area contributed by atoms with Gasteiger partial charge in [-0.2, -0.15) is 0 Å². The van der Waals surface area contributed by atoms with Gasteiger partial charge in [-0.3, -0.25) is 0 Å². The van der Waals surface area contributed by atoms with Gasteiger partial charge in [-0.05, 0) is 58.1 Å². The van der Waals surface area contributed by atoms with Crippen LogP contribution in [0.1, 0.15) is 46.0 Å². The van der Waals surface area contributed by atoms with E-state index in [-0.39, 0.29) is 12.1 Å². The fraction of sp³-hybridized carbons (Fsp3) is 0.667. The molecule has 1 atom stereocenters. The zero-order chi connectivity index (χ0) is 15.1. The molecule has 0 aliphatic heterocycles. The summed E-state index contributed by atoms with van der Waals surface area (Å²) in [6.07, 6.45) is 5.91. The lowest BCUT2D eigenvalue weighted by Crippen LogP contribution is -2.47. The first-order valence-electron chi connectivity index (χ1n) is 8.35. The number of anilines is 1. The van der Waals surface area contributed by atoms with Crippen LogP contribution < -0.4 is 10.2 Å². The van der Waals surface area contributed by atoms with Crippen LogP contribution in [0.2, 0.25) is 0 Å². The topological polar surface area (TPSA) is 35.5 Å². The lowest BCUT2D eigenvalue weighted by atomic mass is 9.95. The van der Waals surface area contributed by atoms with E-state index < -0.39 is 0 Å². The minimum Gasteiger partial charge on any atom is -0.394 e. The molecule has 1 aromatic rings. The number of unbranched alkanes of at least 4 members (excludes halogenated alkanes) is 1. The molecule has 3 heteroatoms. The minimum atomic E-state index is -0.0923. The molecule has 3 nitrogen and oxygen atoms in total. The van der Waals surface area contributed by atoms with E-state index in [1.807, 2.05) is 0 Å². The SMILES string of the molecule is CCN(CCCCC(C)(CO)NC1CC1)c1ccccc1. The second-order valence-electron chi connectivity index (χ2n) is 6.51. The molecule has 1 saturated carbocycles. The summed E-state index contributed by atoms with van der Waals surface area (Å²) in [5.74, 6) is 0. The fourth-order valence-electron chi connectivity index (χ4n) is 2.84. The Labute approximate surface area is 129 Å². The zero-order valence-corrected chi connectivity index (χ0v) is 13.5. The van der Waals surface area contributed by atoms with Gasteiger partial charge < -0.3 is 15.3 Å². The Morgan fingerprint density at radius 3 is 2.52 bits per heavy atom. The Hall–Kier alpha value is -1.06. The van der Waals surface area contributed by atoms with Gasteiger partial charge in [0.05, 0.1) is 6.61 Å². The van der Waals surface area contributed by atoms with E-state index in [4.69, 9.17) is 0 Å². The average Bonchev–Trinajstić information content (AvgIpc) is 3.32. The van der Waals surface area contributed by atoms with Crippen molar-refractivity contribution in [3.63, 3.8) is 0 Å². The highest BCUT2D eigenvalue weighted by molar-refractivity contribution is 5.45. The molecule has 0 spiro atoms. The first kappa shape index (κ1) is 16.3. The average molecular weight is 290 g/mol. The van der Waals surface area contributed by atoms with Crippen molar-refractivity contribution in [2.45, 2.75) is 57.5 Å². The van der Waals surface area contributed by atoms with E-state index in [0.717, 1.165) is 25.9 Å². The number of nitrogens with one attached hydrogen (secondary N) is 1. The van der Waals surface area contributed by atoms with Gasteiger partial charge >= 0.3 is 0 Å². The fourth-order valence-corrected chi connectivity index (χ4v) is 2.84. The van der Waals surface area contributed by atoms with Crippen LogP contribution in [0.25, 0.3) is 0 Å². The van der Waals surface area contributed by atoms with Crippen LogP contribution in [0.4, 0.5) is 5.69 Å². The van der Waals surface area contributed by atoms with Crippen molar-refractivity contribution in [1.82, 2.24) is 5.32 Å². The van der Waals surface area contributed by atoms with E-state index >= 15 is 0 Å². The van der Waals surface area contributed by atoms with Gasteiger partial charge in [-0.25, -0.2) is 0 Å². The van der Waals surface area contributed by atoms with Crippen LogP contribution in [0.3, 0.4) is 0 Å². The third-order valence-electron chi connectivity index (χ3n) is 4.39. The van der Waals surface area contributed by atoms with Gasteiger partial charge in [-0.1, -0.05) is 18.2 Å². The molecule has 21 heavy (non-hydrogen) atoms. The summed E-state index contributed by atoms with van der Waals surface area (Å²) in [5.41, 5.74) is 1.21. The van der Waals surface area contributed by atoms with Crippen LogP contribution in [0.5, 0.6) is 0 Å². The van der Waals surface area contributed by atoms with Crippen molar-refractivity contribution in [2.24, 2.45) is 0 Å². The predicted octanol–water partition coefficient (Wildman–Crippen LogP) is 3.19. The lowest BCUT2D eigenvalue weighted by molar-refractivity contribution is 0.161. The number of hydrogen-bond donors (Lipinski definition) is 2. The molecule has 0 amide bonds. The molecule has 2 rings (SSSR count). The van der Waals surface area contributed by atoms with Gasteiger partial charge in [0.1, 0.15) is 0 Å². The van der Waals surface area contributed by atoms with Crippen molar-refractivity contribution in [1.29, 1.82) is 0 Å². The van der Waals surface area contributed by atoms with Crippen molar-refractivity contribution >= 4 is 5.69 Å². The van der Waals surface area contributed by atoms with E-state index in [0.29, 0.717) is 6.04 Å². The van der Waals surface area contributed by atoms with Crippen molar-refractivity contribution < 1.29 is 5.11 Å². The van der Waals surface area contributed by atoms with E-state index in [9.17, 15) is 5.11 Å². The normalized spacial score (nSPS) is 17.5. The molecular formula is C18H30N2O. The van der Waals surface area contributed by atoms with Crippen LogP contribution >= 0.6 is 0 Å². The summed E-state index contributed by atoms with van der Waals surface area (Å²) < 4.78 is 0. The predicted molar refractivity (Wildman–Crippen MR) is 89.8 cm³/mol. The van der Waals surface area contributed by atoms with Crippen LogP contribution in [0, 0.1) is 0 Å². The highest BCUT2D eigenvalue weighted by Crippen LogP contribution is 2.25. The number of nitrogens with zero attached hydrogens (tertiary/aromatic N) is 1. The smallest absolute Gasteiger partial charge is 0.0610 e. The highest BCUT2D eigenvalue weighted by atomic mass is 16.3. The Bertz CT molecular complexity index is 405. The number of para-hydroxylation sites is 1. The summed E-state index contributed by atoms with van der Waals surface area (Å²) >= 11 is 0. The molecule has 1 aliphatic rings. The van der Waals surface area contributed by atoms with Crippen molar-refractivity contribution in [3.05, 3.63) is 30.3 Å². The maximum absolute atomic E-state index is 9.62. The van der Waals surface area contributed by atoms with Crippen molar-refractivity contribution in [2.75, 3.05) is 24.6 Å². The molecular weight excluding hydrogens is 260 g/mol. The highest BCUT2D eigenvalue weighted by Gasteiger charge is 2.31.